The Morgan fingerprint density at radius 2 is 1.27 bits per heavy atom. The topological polar surface area (TPSA) is 77.1 Å². The Labute approximate surface area is 292 Å². The van der Waals surface area contributed by atoms with E-state index in [0.717, 1.165) is 147 Å². The third-order valence-electron chi connectivity index (χ3n) is 9.70. The molecular formula is C39H54N4O6. The Morgan fingerprint density at radius 1 is 0.633 bits per heavy atom. The van der Waals surface area contributed by atoms with Gasteiger partial charge in [0.2, 0.25) is 0 Å². The molecule has 2 saturated heterocycles. The number of hydrogen-bond donors (Lipinski definition) is 1. The molecule has 0 radical (unpaired) electrons. The van der Waals surface area contributed by atoms with Gasteiger partial charge in [-0.25, -0.2) is 0 Å². The monoisotopic (exact) mass is 674 g/mol. The van der Waals surface area contributed by atoms with Crippen LogP contribution in [0.5, 0.6) is 23.0 Å². The van der Waals surface area contributed by atoms with E-state index in [0.29, 0.717) is 0 Å². The lowest BCUT2D eigenvalue weighted by Crippen LogP contribution is -2.37. The van der Waals surface area contributed by atoms with Crippen LogP contribution in [0.3, 0.4) is 0 Å². The summed E-state index contributed by atoms with van der Waals surface area (Å²) in [5.74, 6) is 3.76. The van der Waals surface area contributed by atoms with Crippen LogP contribution in [-0.4, -0.2) is 108 Å². The summed E-state index contributed by atoms with van der Waals surface area (Å²) in [6, 6.07) is 18.8. The highest BCUT2D eigenvalue weighted by Gasteiger charge is 2.24. The quantitative estimate of drug-likeness (QED) is 0.243. The number of methoxy groups -OCH3 is 2. The molecule has 4 aliphatic rings. The molecule has 10 nitrogen and oxygen atoms in total. The number of nitrogens with one attached hydrogen (secondary N) is 1. The molecule has 7 rings (SSSR count). The molecule has 0 aliphatic carbocycles. The van der Waals surface area contributed by atoms with E-state index in [2.05, 4.69) is 62.5 Å². The lowest BCUT2D eigenvalue weighted by molar-refractivity contribution is 0.0357. The van der Waals surface area contributed by atoms with E-state index in [1.807, 2.05) is 12.1 Å². The maximum Gasteiger partial charge on any atom is 0.127 e. The Kier molecular flexibility index (Phi) is 13.4. The van der Waals surface area contributed by atoms with Gasteiger partial charge in [0.25, 0.3) is 0 Å². The normalized spacial score (nSPS) is 17.9. The smallest absolute Gasteiger partial charge is 0.127 e. The Balaban J connectivity index is 0.000000188. The number of rotatable bonds is 14. The van der Waals surface area contributed by atoms with Crippen LogP contribution in [0.25, 0.3) is 0 Å². The molecule has 0 unspecified atom stereocenters. The molecule has 4 aliphatic heterocycles. The van der Waals surface area contributed by atoms with Gasteiger partial charge in [-0.2, -0.15) is 0 Å². The second-order valence-corrected chi connectivity index (χ2v) is 13.0. The number of morpholine rings is 2. The lowest BCUT2D eigenvalue weighted by atomic mass is 10.1. The van der Waals surface area contributed by atoms with Gasteiger partial charge in [0, 0.05) is 94.7 Å². The number of hydrogen-bond acceptors (Lipinski definition) is 10. The molecule has 2 fully saturated rings. The summed E-state index contributed by atoms with van der Waals surface area (Å²) in [7, 11) is 3.38. The van der Waals surface area contributed by atoms with Crippen LogP contribution in [0.15, 0.2) is 54.6 Å². The molecule has 266 valence electrons. The van der Waals surface area contributed by atoms with E-state index in [9.17, 15) is 0 Å². The number of benzene rings is 3. The maximum absolute atomic E-state index is 6.19. The van der Waals surface area contributed by atoms with Crippen molar-refractivity contribution in [2.75, 3.05) is 93.1 Å². The van der Waals surface area contributed by atoms with Crippen LogP contribution in [0.4, 0.5) is 0 Å². The molecule has 0 saturated carbocycles. The molecule has 3 aromatic rings. The second kappa shape index (κ2) is 18.6. The van der Waals surface area contributed by atoms with Gasteiger partial charge in [-0.15, -0.1) is 0 Å². The van der Waals surface area contributed by atoms with Crippen molar-refractivity contribution in [1.29, 1.82) is 0 Å². The average molecular weight is 675 g/mol. The van der Waals surface area contributed by atoms with Crippen molar-refractivity contribution in [1.82, 2.24) is 20.0 Å². The van der Waals surface area contributed by atoms with Crippen LogP contribution >= 0.6 is 0 Å². The Hall–Kier alpha value is -3.38. The third kappa shape index (κ3) is 10.1. The summed E-state index contributed by atoms with van der Waals surface area (Å²) in [6.07, 6.45) is 2.12. The zero-order chi connectivity index (χ0) is 33.7. The van der Waals surface area contributed by atoms with Gasteiger partial charge in [-0.1, -0.05) is 30.3 Å². The molecular weight excluding hydrogens is 620 g/mol. The van der Waals surface area contributed by atoms with E-state index in [-0.39, 0.29) is 0 Å². The Bertz CT molecular complexity index is 1460. The van der Waals surface area contributed by atoms with Gasteiger partial charge in [0.05, 0.1) is 53.9 Å². The van der Waals surface area contributed by atoms with Crippen molar-refractivity contribution < 1.29 is 28.4 Å². The van der Waals surface area contributed by atoms with Crippen molar-refractivity contribution >= 4 is 0 Å². The molecule has 0 atom stereocenters. The highest BCUT2D eigenvalue weighted by Crippen LogP contribution is 2.34. The van der Waals surface area contributed by atoms with Crippen LogP contribution in [0.2, 0.25) is 0 Å². The van der Waals surface area contributed by atoms with E-state index in [1.54, 1.807) is 14.2 Å². The van der Waals surface area contributed by atoms with Gasteiger partial charge >= 0.3 is 0 Å². The largest absolute Gasteiger partial charge is 0.497 e. The zero-order valence-electron chi connectivity index (χ0n) is 29.4. The van der Waals surface area contributed by atoms with Gasteiger partial charge in [0.1, 0.15) is 23.0 Å². The maximum atomic E-state index is 6.19. The first-order chi connectivity index (χ1) is 24.2. The van der Waals surface area contributed by atoms with Gasteiger partial charge < -0.3 is 33.7 Å². The first-order valence-corrected chi connectivity index (χ1v) is 17.9. The molecule has 0 spiro atoms. The van der Waals surface area contributed by atoms with E-state index in [1.165, 1.54) is 27.8 Å². The summed E-state index contributed by atoms with van der Waals surface area (Å²) in [5.41, 5.74) is 6.56. The van der Waals surface area contributed by atoms with Crippen molar-refractivity contribution in [3.8, 4) is 23.0 Å². The number of fused-ring (bicyclic) bond motifs is 2. The van der Waals surface area contributed by atoms with Gasteiger partial charge in [-0.3, -0.25) is 14.7 Å². The molecule has 0 bridgehead atoms. The molecule has 49 heavy (non-hydrogen) atoms. The molecule has 3 aromatic carbocycles. The fraction of sp³-hybridized carbons (Fsp3) is 0.538. The minimum absolute atomic E-state index is 0.750. The fourth-order valence-corrected chi connectivity index (χ4v) is 6.95. The first-order valence-electron chi connectivity index (χ1n) is 17.9. The zero-order valence-corrected chi connectivity index (χ0v) is 29.4. The van der Waals surface area contributed by atoms with E-state index in [4.69, 9.17) is 28.4 Å². The van der Waals surface area contributed by atoms with Crippen molar-refractivity contribution in [3.05, 3.63) is 82.4 Å². The minimum atomic E-state index is 0.750. The van der Waals surface area contributed by atoms with Crippen molar-refractivity contribution in [2.24, 2.45) is 0 Å². The minimum Gasteiger partial charge on any atom is -0.497 e. The SMILES string of the molecule is COc1ccc(CN2Cc3cccc(OCCCN4CCOCC4)c3C2)c(OC)c1.c1cc2c(c(OCCCN3CCOCC3)c1)CNC2. The molecule has 1 N–H and O–H groups in total. The first kappa shape index (κ1) is 35.4. The summed E-state index contributed by atoms with van der Waals surface area (Å²) >= 11 is 0. The summed E-state index contributed by atoms with van der Waals surface area (Å²) in [4.78, 5) is 7.33. The number of nitrogens with zero attached hydrogens (tertiary/aromatic N) is 3. The molecule has 0 amide bonds. The second-order valence-electron chi connectivity index (χ2n) is 13.0. The van der Waals surface area contributed by atoms with E-state index < -0.39 is 0 Å². The van der Waals surface area contributed by atoms with Crippen LogP contribution in [0.1, 0.15) is 40.7 Å². The third-order valence-corrected chi connectivity index (χ3v) is 9.70. The fourth-order valence-electron chi connectivity index (χ4n) is 6.95. The van der Waals surface area contributed by atoms with Crippen molar-refractivity contribution in [2.45, 2.75) is 45.6 Å². The van der Waals surface area contributed by atoms with Crippen LogP contribution < -0.4 is 24.3 Å². The standard InChI is InChI=1S/C24H32N2O4.C15H22N2O2/c1-27-21-8-7-20(24(15-21)28-2)17-26-16-19-5-3-6-23(22(19)18-26)30-12-4-9-25-10-13-29-14-11-25;1-3-13-11-16-12-14(13)15(4-1)19-8-2-5-17-6-9-18-10-7-17/h3,5-8,15H,4,9-14,16-18H2,1-2H3;1,3-4,16H,2,5-12H2. The van der Waals surface area contributed by atoms with Gasteiger partial charge in [0.15, 0.2) is 0 Å². The highest BCUT2D eigenvalue weighted by molar-refractivity contribution is 5.44. The summed E-state index contributed by atoms with van der Waals surface area (Å²) in [6.45, 7) is 15.9. The van der Waals surface area contributed by atoms with E-state index >= 15 is 0 Å². The predicted molar refractivity (Wildman–Crippen MR) is 191 cm³/mol. The molecule has 4 heterocycles. The van der Waals surface area contributed by atoms with Crippen LogP contribution in [-0.2, 0) is 42.2 Å². The predicted octanol–water partition coefficient (Wildman–Crippen LogP) is 4.71. The summed E-state index contributed by atoms with van der Waals surface area (Å²) < 4.78 is 33.8. The van der Waals surface area contributed by atoms with Crippen molar-refractivity contribution in [3.63, 3.8) is 0 Å². The highest BCUT2D eigenvalue weighted by atomic mass is 16.5. The summed E-state index contributed by atoms with van der Waals surface area (Å²) in [5, 5.41) is 3.37. The molecule has 10 heteroatoms. The number of ether oxygens (including phenoxy) is 6. The lowest BCUT2D eigenvalue weighted by Gasteiger charge is -2.26. The molecule has 0 aromatic heterocycles. The Morgan fingerprint density at radius 3 is 1.90 bits per heavy atom. The van der Waals surface area contributed by atoms with Crippen LogP contribution in [0, 0.1) is 0 Å². The average Bonchev–Trinajstić information content (AvgIpc) is 3.81. The van der Waals surface area contributed by atoms with Gasteiger partial charge in [-0.05, 0) is 42.2 Å².